The van der Waals surface area contributed by atoms with E-state index in [9.17, 15) is 14.4 Å². The van der Waals surface area contributed by atoms with Crippen LogP contribution in [0, 0.1) is 0 Å². The molecule has 2 saturated heterocycles. The van der Waals surface area contributed by atoms with Gasteiger partial charge in [-0.25, -0.2) is 4.79 Å². The molecule has 4 amide bonds. The number of aromatic nitrogens is 1. The molecule has 0 aliphatic carbocycles. The third-order valence-corrected chi connectivity index (χ3v) is 5.94. The van der Waals surface area contributed by atoms with Gasteiger partial charge in [-0.1, -0.05) is 48.5 Å². The van der Waals surface area contributed by atoms with E-state index in [0.717, 1.165) is 40.6 Å². The van der Waals surface area contributed by atoms with E-state index < -0.39 is 18.0 Å². The number of nitrogens with zero attached hydrogens (tertiary/aromatic N) is 1. The van der Waals surface area contributed by atoms with Crippen LogP contribution in [0.25, 0.3) is 22.0 Å². The molecule has 30 heavy (non-hydrogen) atoms. The summed E-state index contributed by atoms with van der Waals surface area (Å²) in [6.07, 6.45) is 1.71. The van der Waals surface area contributed by atoms with Crippen molar-refractivity contribution in [3.8, 4) is 11.1 Å². The number of aromatic amines is 1. The molecule has 2 atom stereocenters. The van der Waals surface area contributed by atoms with Crippen LogP contribution >= 0.6 is 0 Å². The highest BCUT2D eigenvalue weighted by atomic mass is 16.2. The molecular weight excluding hydrogens is 380 g/mol. The van der Waals surface area contributed by atoms with Gasteiger partial charge in [-0.3, -0.25) is 14.9 Å². The Balaban J connectivity index is 1.51. The van der Waals surface area contributed by atoms with Crippen LogP contribution in [0.15, 0.2) is 54.6 Å². The maximum Gasteiger partial charge on any atom is 0.322 e. The maximum absolute atomic E-state index is 13.1. The van der Waals surface area contributed by atoms with Crippen molar-refractivity contribution < 1.29 is 14.4 Å². The largest absolute Gasteiger partial charge is 0.356 e. The van der Waals surface area contributed by atoms with E-state index >= 15 is 0 Å². The van der Waals surface area contributed by atoms with Crippen molar-refractivity contribution in [1.82, 2.24) is 20.5 Å². The number of imide groups is 1. The van der Waals surface area contributed by atoms with Crippen molar-refractivity contribution in [2.24, 2.45) is 0 Å². The lowest BCUT2D eigenvalue weighted by Gasteiger charge is -2.26. The van der Waals surface area contributed by atoms with Crippen molar-refractivity contribution in [3.05, 3.63) is 60.3 Å². The molecule has 0 bridgehead atoms. The number of likely N-dealkylation sites (tertiary alicyclic amines) is 1. The lowest BCUT2D eigenvalue weighted by molar-refractivity contribution is -0.134. The summed E-state index contributed by atoms with van der Waals surface area (Å²) in [5, 5.41) is 5.83. The van der Waals surface area contributed by atoms with Crippen LogP contribution in [-0.4, -0.2) is 40.3 Å². The molecule has 0 radical (unpaired) electrons. The molecule has 2 fully saturated rings. The van der Waals surface area contributed by atoms with Gasteiger partial charge < -0.3 is 15.2 Å². The minimum atomic E-state index is -0.803. The normalized spacial score (nSPS) is 21.1. The summed E-state index contributed by atoms with van der Waals surface area (Å²) in [6.45, 7) is 0.634. The van der Waals surface area contributed by atoms with Crippen molar-refractivity contribution in [2.45, 2.75) is 31.3 Å². The molecule has 1 aromatic heterocycles. The molecule has 0 spiro atoms. The molecular formula is C23H22N4O3. The van der Waals surface area contributed by atoms with Crippen molar-refractivity contribution >= 4 is 28.7 Å². The first-order valence-electron chi connectivity index (χ1n) is 10.2. The van der Waals surface area contributed by atoms with Crippen LogP contribution in [-0.2, 0) is 9.59 Å². The van der Waals surface area contributed by atoms with Crippen LogP contribution in [0.3, 0.4) is 0 Å². The highest BCUT2D eigenvalue weighted by molar-refractivity contribution is 6.05. The molecule has 3 heterocycles. The van der Waals surface area contributed by atoms with E-state index in [1.54, 1.807) is 0 Å². The van der Waals surface area contributed by atoms with Gasteiger partial charge in [0.25, 0.3) is 5.91 Å². The lowest BCUT2D eigenvalue weighted by Crippen LogP contribution is -2.38. The van der Waals surface area contributed by atoms with Gasteiger partial charge in [0.05, 0.1) is 12.5 Å². The highest BCUT2D eigenvalue weighted by Crippen LogP contribution is 2.41. The summed E-state index contributed by atoms with van der Waals surface area (Å²) < 4.78 is 0. The van der Waals surface area contributed by atoms with E-state index in [0.29, 0.717) is 6.54 Å². The summed E-state index contributed by atoms with van der Waals surface area (Å²) in [7, 11) is 0. The zero-order valence-corrected chi connectivity index (χ0v) is 16.4. The number of H-pyrrole nitrogens is 1. The smallest absolute Gasteiger partial charge is 0.322 e. The Morgan fingerprint density at radius 1 is 1.03 bits per heavy atom. The zero-order chi connectivity index (χ0) is 20.7. The second-order valence-corrected chi connectivity index (χ2v) is 7.79. The predicted molar refractivity (Wildman–Crippen MR) is 113 cm³/mol. The number of carbonyl (C=O) groups is 3. The minimum absolute atomic E-state index is 0.0328. The summed E-state index contributed by atoms with van der Waals surface area (Å²) in [4.78, 5) is 41.7. The number of amides is 4. The van der Waals surface area contributed by atoms with Gasteiger partial charge in [0.15, 0.2) is 0 Å². The van der Waals surface area contributed by atoms with E-state index in [1.165, 1.54) is 0 Å². The topological polar surface area (TPSA) is 94.3 Å². The van der Waals surface area contributed by atoms with Crippen molar-refractivity contribution in [3.63, 3.8) is 0 Å². The molecule has 7 heteroatoms. The third-order valence-electron chi connectivity index (χ3n) is 5.94. The second kappa shape index (κ2) is 7.33. The average Bonchev–Trinajstić information content (AvgIpc) is 3.45. The molecule has 2 unspecified atom stereocenters. The van der Waals surface area contributed by atoms with Gasteiger partial charge in [0, 0.05) is 28.7 Å². The van der Waals surface area contributed by atoms with Crippen molar-refractivity contribution in [2.75, 3.05) is 6.54 Å². The summed E-state index contributed by atoms with van der Waals surface area (Å²) in [6, 6.07) is 16.9. The number of rotatable bonds is 4. The van der Waals surface area contributed by atoms with E-state index in [4.69, 9.17) is 0 Å². The number of urea groups is 1. The fraction of sp³-hybridized carbons (Fsp3) is 0.261. The average molecular weight is 402 g/mol. The first kappa shape index (κ1) is 18.4. The molecule has 3 N–H and O–H groups in total. The Bertz CT molecular complexity index is 1140. The first-order chi connectivity index (χ1) is 14.6. The Hall–Kier alpha value is -3.61. The predicted octanol–water partition coefficient (Wildman–Crippen LogP) is 3.10. The van der Waals surface area contributed by atoms with Gasteiger partial charge in [0.2, 0.25) is 5.91 Å². The summed E-state index contributed by atoms with van der Waals surface area (Å²) in [5.74, 6) is -0.572. The third kappa shape index (κ3) is 3.12. The Labute approximate surface area is 173 Å². The number of hydrogen-bond acceptors (Lipinski definition) is 3. The molecule has 2 aromatic carbocycles. The molecule has 0 saturated carbocycles. The zero-order valence-electron chi connectivity index (χ0n) is 16.4. The minimum Gasteiger partial charge on any atom is -0.356 e. The van der Waals surface area contributed by atoms with E-state index in [2.05, 4.69) is 33.8 Å². The standard InChI is InChI=1S/C23H22N4O3/c28-19(13-17-22(29)26-23(30)25-17)27-12-6-11-18(27)21-20(14-7-2-1-3-8-14)15-9-4-5-10-16(15)24-21/h1-5,7-10,17-18,24H,6,11-13H2,(H2,25,26,29,30). The van der Waals surface area contributed by atoms with Crippen LogP contribution in [0.4, 0.5) is 4.79 Å². The first-order valence-corrected chi connectivity index (χ1v) is 10.2. The number of hydrogen-bond donors (Lipinski definition) is 3. The molecule has 3 aromatic rings. The number of fused-ring (bicyclic) bond motifs is 1. The number of para-hydroxylation sites is 1. The fourth-order valence-corrected chi connectivity index (χ4v) is 4.59. The van der Waals surface area contributed by atoms with Crippen LogP contribution in [0.2, 0.25) is 0 Å². The van der Waals surface area contributed by atoms with Gasteiger partial charge in [-0.05, 0) is 24.5 Å². The number of carbonyl (C=O) groups excluding carboxylic acids is 3. The summed E-state index contributed by atoms with van der Waals surface area (Å²) in [5.41, 5.74) is 4.27. The monoisotopic (exact) mass is 402 g/mol. The number of benzene rings is 2. The van der Waals surface area contributed by atoms with E-state index in [-0.39, 0.29) is 18.4 Å². The van der Waals surface area contributed by atoms with Gasteiger partial charge in [0.1, 0.15) is 6.04 Å². The number of nitrogens with one attached hydrogen (secondary N) is 3. The molecule has 152 valence electrons. The molecule has 7 nitrogen and oxygen atoms in total. The fourth-order valence-electron chi connectivity index (χ4n) is 4.59. The molecule has 5 rings (SSSR count). The molecule has 2 aliphatic rings. The SMILES string of the molecule is O=C1NC(=O)C(CC(=O)N2CCCC2c2[nH]c3ccccc3c2-c2ccccc2)N1. The van der Waals surface area contributed by atoms with Gasteiger partial charge in [-0.2, -0.15) is 0 Å². The second-order valence-electron chi connectivity index (χ2n) is 7.79. The van der Waals surface area contributed by atoms with Crippen LogP contribution < -0.4 is 10.6 Å². The van der Waals surface area contributed by atoms with E-state index in [1.807, 2.05) is 41.3 Å². The summed E-state index contributed by atoms with van der Waals surface area (Å²) >= 11 is 0. The van der Waals surface area contributed by atoms with Crippen molar-refractivity contribution in [1.29, 1.82) is 0 Å². The quantitative estimate of drug-likeness (QED) is 0.586. The molecule has 2 aliphatic heterocycles. The maximum atomic E-state index is 13.1. The highest BCUT2D eigenvalue weighted by Gasteiger charge is 2.37. The Morgan fingerprint density at radius 2 is 1.80 bits per heavy atom. The Kier molecular flexibility index (Phi) is 4.50. The Morgan fingerprint density at radius 3 is 2.57 bits per heavy atom. The van der Waals surface area contributed by atoms with Crippen LogP contribution in [0.5, 0.6) is 0 Å². The van der Waals surface area contributed by atoms with Gasteiger partial charge >= 0.3 is 6.03 Å². The van der Waals surface area contributed by atoms with Crippen LogP contribution in [0.1, 0.15) is 31.0 Å². The lowest BCUT2D eigenvalue weighted by atomic mass is 9.97. The van der Waals surface area contributed by atoms with Gasteiger partial charge in [-0.15, -0.1) is 0 Å².